The predicted molar refractivity (Wildman–Crippen MR) is 43.7 cm³/mol. The summed E-state index contributed by atoms with van der Waals surface area (Å²) in [6.07, 6.45) is 0. The zero-order valence-electron chi connectivity index (χ0n) is 8.11. The van der Waals surface area contributed by atoms with E-state index < -0.39 is 10.0 Å². The van der Waals surface area contributed by atoms with E-state index in [1.165, 1.54) is 12.1 Å². The van der Waals surface area contributed by atoms with Crippen LogP contribution in [0.15, 0.2) is 29.2 Å². The Morgan fingerprint density at radius 1 is 1.25 bits per heavy atom. The average molecular weight is 195 g/mol. The van der Waals surface area contributed by atoms with Crippen molar-refractivity contribution in [2.24, 2.45) is 5.14 Å². The van der Waals surface area contributed by atoms with Gasteiger partial charge in [-0.05, 0) is 19.1 Å². The third-order valence-corrected chi connectivity index (χ3v) is 2.28. The van der Waals surface area contributed by atoms with Gasteiger partial charge in [0.25, 0.3) is 0 Å². The molecule has 0 saturated heterocycles. The Morgan fingerprint density at radius 2 is 1.67 bits per heavy atom. The van der Waals surface area contributed by atoms with Crippen molar-refractivity contribution < 1.29 is 39.4 Å². The van der Waals surface area contributed by atoms with Crippen molar-refractivity contribution in [1.29, 1.82) is 0 Å². The Hall–Kier alpha value is 0.130. The Labute approximate surface area is 95.8 Å². The molecule has 1 aromatic carbocycles. The molecule has 0 atom stereocenters. The number of nitrogens with two attached hydrogens (primary N) is 1. The van der Waals surface area contributed by atoms with E-state index in [2.05, 4.69) is 0 Å². The van der Waals surface area contributed by atoms with E-state index in [-0.39, 0.29) is 35.9 Å². The van der Waals surface area contributed by atoms with Gasteiger partial charge in [0, 0.05) is 0 Å². The maximum atomic E-state index is 10.7. The number of hydrogen-bond donors (Lipinski definition) is 1. The van der Waals surface area contributed by atoms with Gasteiger partial charge in [0.2, 0.25) is 10.0 Å². The van der Waals surface area contributed by atoms with E-state index in [1.807, 2.05) is 6.92 Å². The van der Waals surface area contributed by atoms with Crippen molar-refractivity contribution in [3.63, 3.8) is 0 Å². The molecule has 0 unspecified atom stereocenters. The molecule has 0 aromatic heterocycles. The molecule has 5 heteroatoms. The van der Waals surface area contributed by atoms with Gasteiger partial charge in [-0.2, -0.15) is 0 Å². The molecule has 1 aromatic rings. The smallest absolute Gasteiger partial charge is 1.00 e. The van der Waals surface area contributed by atoms with E-state index in [0.717, 1.165) is 5.56 Å². The van der Waals surface area contributed by atoms with Crippen molar-refractivity contribution in [2.75, 3.05) is 0 Å². The number of rotatable bonds is 1. The van der Waals surface area contributed by atoms with Crippen LogP contribution in [0.4, 0.5) is 0 Å². The van der Waals surface area contributed by atoms with Gasteiger partial charge in [-0.3, -0.25) is 0 Å². The summed E-state index contributed by atoms with van der Waals surface area (Å²) < 4.78 is 21.4. The molecule has 12 heavy (non-hydrogen) atoms. The molecular weight excluding hydrogens is 185 g/mol. The minimum atomic E-state index is -3.52. The summed E-state index contributed by atoms with van der Waals surface area (Å²) in [5.41, 5.74) is 1.01. The second kappa shape index (κ2) is 4.39. The Kier molecular flexibility index (Phi) is 4.44. The topological polar surface area (TPSA) is 60.2 Å². The zero-order chi connectivity index (χ0) is 8.48. The van der Waals surface area contributed by atoms with Crippen LogP contribution in [-0.4, -0.2) is 8.42 Å². The third kappa shape index (κ3) is 3.25. The summed E-state index contributed by atoms with van der Waals surface area (Å²) >= 11 is 0. The largest absolute Gasteiger partial charge is 1.00 e. The molecule has 3 nitrogen and oxygen atoms in total. The molecule has 0 radical (unpaired) electrons. The summed E-state index contributed by atoms with van der Waals surface area (Å²) in [7, 11) is -3.52. The fourth-order valence-electron chi connectivity index (χ4n) is 0.728. The minimum absolute atomic E-state index is 0. The monoisotopic (exact) mass is 195 g/mol. The summed E-state index contributed by atoms with van der Waals surface area (Å²) in [5.74, 6) is 0. The summed E-state index contributed by atoms with van der Waals surface area (Å²) in [6.45, 7) is 1.88. The van der Waals surface area contributed by atoms with Gasteiger partial charge in [0.1, 0.15) is 0 Å². The van der Waals surface area contributed by atoms with Gasteiger partial charge in [0.15, 0.2) is 0 Å². The van der Waals surface area contributed by atoms with Crippen LogP contribution in [-0.2, 0) is 10.0 Å². The van der Waals surface area contributed by atoms with E-state index in [4.69, 9.17) is 5.14 Å². The van der Waals surface area contributed by atoms with Crippen molar-refractivity contribution >= 4 is 10.0 Å². The van der Waals surface area contributed by atoms with Crippen molar-refractivity contribution in [2.45, 2.75) is 11.8 Å². The first-order valence-corrected chi connectivity index (χ1v) is 4.64. The molecule has 0 aliphatic rings. The fraction of sp³-hybridized carbons (Fsp3) is 0.143. The first-order valence-electron chi connectivity index (χ1n) is 3.09. The van der Waals surface area contributed by atoms with Crippen LogP contribution < -0.4 is 34.7 Å². The van der Waals surface area contributed by atoms with Gasteiger partial charge < -0.3 is 1.43 Å². The Bertz CT molecular complexity index is 349. The maximum absolute atomic E-state index is 10.7. The van der Waals surface area contributed by atoms with E-state index >= 15 is 0 Å². The molecule has 0 saturated carbocycles. The minimum Gasteiger partial charge on any atom is -1.00 e. The van der Waals surface area contributed by atoms with Crippen LogP contribution in [0, 0.1) is 6.92 Å². The summed E-state index contributed by atoms with van der Waals surface area (Å²) in [4.78, 5) is 0.156. The van der Waals surface area contributed by atoms with Crippen molar-refractivity contribution in [3.05, 3.63) is 29.8 Å². The molecule has 0 fully saturated rings. The van der Waals surface area contributed by atoms with Gasteiger partial charge in [0.05, 0.1) is 4.90 Å². The molecule has 62 valence electrons. The molecule has 2 N–H and O–H groups in total. The van der Waals surface area contributed by atoms with Gasteiger partial charge in [-0.15, -0.1) is 0 Å². The molecule has 0 heterocycles. The Morgan fingerprint density at radius 3 is 2.00 bits per heavy atom. The normalized spacial score (nSPS) is 10.5. The summed E-state index contributed by atoms with van der Waals surface area (Å²) in [5, 5.41) is 4.88. The van der Waals surface area contributed by atoms with Crippen LogP contribution in [0.3, 0.4) is 0 Å². The van der Waals surface area contributed by atoms with Crippen LogP contribution in [0.2, 0.25) is 0 Å². The van der Waals surface area contributed by atoms with E-state index in [9.17, 15) is 8.42 Å². The molecule has 0 amide bonds. The molecular formula is C7H10NNaO2S. The standard InChI is InChI=1S/C7H9NO2S.Na.H/c1-6-2-4-7(5-3-6)11(8,9)10;;/h2-5H,1H3,(H2,8,9,10);;/q;+1;-1. The Balaban J connectivity index is 0. The second-order valence-corrected chi connectivity index (χ2v) is 3.92. The first-order chi connectivity index (χ1) is 5.00. The van der Waals surface area contributed by atoms with E-state index in [1.54, 1.807) is 12.1 Å². The maximum Gasteiger partial charge on any atom is 1.00 e. The SMILES string of the molecule is Cc1ccc(S(N)(=O)=O)cc1.[H-].[Na+]. The van der Waals surface area contributed by atoms with Crippen molar-refractivity contribution in [3.8, 4) is 0 Å². The number of sulfonamides is 1. The number of aryl methyl sites for hydroxylation is 1. The molecule has 0 bridgehead atoms. The van der Waals surface area contributed by atoms with Crippen LogP contribution in [0.25, 0.3) is 0 Å². The third-order valence-electron chi connectivity index (χ3n) is 1.35. The molecule has 0 aliphatic heterocycles. The average Bonchev–Trinajstić information content (AvgIpc) is 1.86. The predicted octanol–water partition coefficient (Wildman–Crippen LogP) is -2.24. The molecule has 0 aliphatic carbocycles. The quantitative estimate of drug-likeness (QED) is 0.515. The van der Waals surface area contributed by atoms with Crippen LogP contribution >= 0.6 is 0 Å². The number of benzene rings is 1. The molecule has 1 rings (SSSR count). The van der Waals surface area contributed by atoms with Gasteiger partial charge >= 0.3 is 29.6 Å². The summed E-state index contributed by atoms with van der Waals surface area (Å²) in [6, 6.07) is 6.40. The second-order valence-electron chi connectivity index (χ2n) is 2.36. The number of primary sulfonamides is 1. The van der Waals surface area contributed by atoms with Gasteiger partial charge in [-0.1, -0.05) is 17.7 Å². The fourth-order valence-corrected chi connectivity index (χ4v) is 1.24. The zero-order valence-corrected chi connectivity index (χ0v) is 9.93. The van der Waals surface area contributed by atoms with Crippen molar-refractivity contribution in [1.82, 2.24) is 0 Å². The molecule has 0 spiro atoms. The van der Waals surface area contributed by atoms with Crippen LogP contribution in [0.5, 0.6) is 0 Å². The number of hydrogen-bond acceptors (Lipinski definition) is 2. The first kappa shape index (κ1) is 12.1. The van der Waals surface area contributed by atoms with E-state index in [0.29, 0.717) is 0 Å². The van der Waals surface area contributed by atoms with Crippen LogP contribution in [0.1, 0.15) is 6.99 Å². The van der Waals surface area contributed by atoms with Gasteiger partial charge in [-0.25, -0.2) is 13.6 Å².